The molecule has 0 aliphatic rings. The normalized spacial score (nSPS) is 11.5. The van der Waals surface area contributed by atoms with Crippen molar-refractivity contribution in [1.29, 1.82) is 0 Å². The zero-order valence-corrected chi connectivity index (χ0v) is 9.16. The number of carbonyl (C=O) groups is 2. The Morgan fingerprint density at radius 1 is 1.40 bits per heavy atom. The SMILES string of the molecule is Cc1ccc(C(=O)CC(=O)C(C)(F)F)s1. The number of halogens is 2. The van der Waals surface area contributed by atoms with Crippen LogP contribution in [0.5, 0.6) is 0 Å². The third-order valence-corrected chi connectivity index (χ3v) is 2.87. The third kappa shape index (κ3) is 3.20. The van der Waals surface area contributed by atoms with E-state index in [1.165, 1.54) is 11.3 Å². The van der Waals surface area contributed by atoms with E-state index in [1.807, 2.05) is 0 Å². The van der Waals surface area contributed by atoms with Crippen molar-refractivity contribution in [2.45, 2.75) is 26.2 Å². The Hall–Kier alpha value is -1.10. The summed E-state index contributed by atoms with van der Waals surface area (Å²) < 4.78 is 25.0. The Labute approximate surface area is 89.9 Å². The maximum Gasteiger partial charge on any atom is 0.303 e. The molecule has 2 nitrogen and oxygen atoms in total. The molecule has 0 atom stereocenters. The molecular formula is C10H10F2O2S. The predicted octanol–water partition coefficient (Wildman–Crippen LogP) is 2.85. The minimum absolute atomic E-state index is 0.352. The van der Waals surface area contributed by atoms with E-state index in [1.54, 1.807) is 19.1 Å². The van der Waals surface area contributed by atoms with Crippen LogP contribution in [-0.2, 0) is 4.79 Å². The number of alkyl halides is 2. The van der Waals surface area contributed by atoms with E-state index in [0.717, 1.165) is 4.88 Å². The predicted molar refractivity (Wildman–Crippen MR) is 53.6 cm³/mol. The Kier molecular flexibility index (Phi) is 3.34. The highest BCUT2D eigenvalue weighted by Gasteiger charge is 2.33. The number of hydrogen-bond acceptors (Lipinski definition) is 3. The smallest absolute Gasteiger partial charge is 0.293 e. The molecule has 0 aliphatic carbocycles. The van der Waals surface area contributed by atoms with Crippen LogP contribution in [0.25, 0.3) is 0 Å². The molecule has 1 aromatic heterocycles. The van der Waals surface area contributed by atoms with E-state index in [2.05, 4.69) is 0 Å². The first-order chi connectivity index (χ1) is 6.80. The second kappa shape index (κ2) is 4.18. The number of thiophene rings is 1. The van der Waals surface area contributed by atoms with E-state index in [-0.39, 0.29) is 0 Å². The van der Waals surface area contributed by atoms with Crippen molar-refractivity contribution in [2.24, 2.45) is 0 Å². The molecule has 0 aromatic carbocycles. The Bertz CT molecular complexity index is 390. The molecule has 5 heteroatoms. The summed E-state index contributed by atoms with van der Waals surface area (Å²) in [5.41, 5.74) is 0. The van der Waals surface area contributed by atoms with Gasteiger partial charge in [-0.1, -0.05) is 0 Å². The second-order valence-electron chi connectivity index (χ2n) is 3.32. The molecule has 1 heterocycles. The van der Waals surface area contributed by atoms with Gasteiger partial charge >= 0.3 is 5.92 Å². The minimum atomic E-state index is -3.43. The first-order valence-corrected chi connectivity index (χ1v) is 5.13. The van der Waals surface area contributed by atoms with Crippen LogP contribution in [0.2, 0.25) is 0 Å². The lowest BCUT2D eigenvalue weighted by molar-refractivity contribution is -0.139. The molecule has 1 rings (SSSR count). The van der Waals surface area contributed by atoms with Gasteiger partial charge in [-0.05, 0) is 19.1 Å². The molecule has 1 aromatic rings. The summed E-state index contributed by atoms with van der Waals surface area (Å²) in [7, 11) is 0. The number of rotatable bonds is 4. The van der Waals surface area contributed by atoms with Crippen molar-refractivity contribution >= 4 is 22.9 Å². The monoisotopic (exact) mass is 232 g/mol. The highest BCUT2D eigenvalue weighted by atomic mass is 32.1. The maximum atomic E-state index is 12.5. The van der Waals surface area contributed by atoms with Gasteiger partial charge in [0, 0.05) is 11.8 Å². The summed E-state index contributed by atoms with van der Waals surface area (Å²) in [4.78, 5) is 23.5. The van der Waals surface area contributed by atoms with E-state index in [0.29, 0.717) is 11.8 Å². The van der Waals surface area contributed by atoms with Crippen LogP contribution < -0.4 is 0 Å². The second-order valence-corrected chi connectivity index (χ2v) is 4.61. The molecule has 0 aliphatic heterocycles. The summed E-state index contributed by atoms with van der Waals surface area (Å²) in [6, 6.07) is 3.26. The highest BCUT2D eigenvalue weighted by molar-refractivity contribution is 7.14. The molecule has 0 unspecified atom stereocenters. The van der Waals surface area contributed by atoms with Gasteiger partial charge in [-0.15, -0.1) is 11.3 Å². The van der Waals surface area contributed by atoms with Gasteiger partial charge in [-0.25, -0.2) is 0 Å². The fourth-order valence-electron chi connectivity index (χ4n) is 0.973. The number of ketones is 2. The summed E-state index contributed by atoms with van der Waals surface area (Å²) in [6.45, 7) is 2.31. The van der Waals surface area contributed by atoms with Crippen molar-refractivity contribution < 1.29 is 18.4 Å². The molecule has 0 saturated heterocycles. The van der Waals surface area contributed by atoms with Crippen molar-refractivity contribution in [3.05, 3.63) is 21.9 Å². The lowest BCUT2D eigenvalue weighted by Gasteiger charge is -2.06. The number of aryl methyl sites for hydroxylation is 1. The molecule has 0 N–H and O–H groups in total. The Balaban J connectivity index is 2.69. The molecular weight excluding hydrogens is 222 g/mol. The molecule has 0 saturated carbocycles. The average Bonchev–Trinajstić information content (AvgIpc) is 2.50. The van der Waals surface area contributed by atoms with Crippen molar-refractivity contribution in [3.8, 4) is 0 Å². The van der Waals surface area contributed by atoms with Crippen molar-refractivity contribution in [3.63, 3.8) is 0 Å². The summed E-state index contributed by atoms with van der Waals surface area (Å²) >= 11 is 1.20. The molecule has 0 radical (unpaired) electrons. The van der Waals surface area contributed by atoms with Gasteiger partial charge in [0.05, 0.1) is 11.3 Å². The first kappa shape index (κ1) is 12.0. The fraction of sp³-hybridized carbons (Fsp3) is 0.400. The molecule has 15 heavy (non-hydrogen) atoms. The topological polar surface area (TPSA) is 34.1 Å². The number of hydrogen-bond donors (Lipinski definition) is 0. The van der Waals surface area contributed by atoms with Gasteiger partial charge in [-0.2, -0.15) is 8.78 Å². The van der Waals surface area contributed by atoms with Crippen LogP contribution in [0.1, 0.15) is 27.9 Å². The fourth-order valence-corrected chi connectivity index (χ4v) is 1.78. The van der Waals surface area contributed by atoms with Crippen LogP contribution in [0.3, 0.4) is 0 Å². The van der Waals surface area contributed by atoms with Gasteiger partial charge in [0.2, 0.25) is 5.78 Å². The number of Topliss-reactive ketones (excluding diaryl/α,β-unsaturated/α-hetero) is 2. The van der Waals surface area contributed by atoms with Crippen LogP contribution in [0.4, 0.5) is 8.78 Å². The lowest BCUT2D eigenvalue weighted by Crippen LogP contribution is -2.26. The van der Waals surface area contributed by atoms with Crippen LogP contribution in [0.15, 0.2) is 12.1 Å². The van der Waals surface area contributed by atoms with Crippen LogP contribution >= 0.6 is 11.3 Å². The van der Waals surface area contributed by atoms with Gasteiger partial charge in [0.1, 0.15) is 0 Å². The largest absolute Gasteiger partial charge is 0.303 e. The summed E-state index contributed by atoms with van der Waals surface area (Å²) in [5, 5.41) is 0. The van der Waals surface area contributed by atoms with E-state index in [9.17, 15) is 18.4 Å². The third-order valence-electron chi connectivity index (χ3n) is 1.83. The molecule has 82 valence electrons. The average molecular weight is 232 g/mol. The molecule has 0 fully saturated rings. The highest BCUT2D eigenvalue weighted by Crippen LogP contribution is 2.20. The van der Waals surface area contributed by atoms with Gasteiger partial charge in [0.25, 0.3) is 0 Å². The Morgan fingerprint density at radius 3 is 2.40 bits per heavy atom. The quantitative estimate of drug-likeness (QED) is 0.591. The standard InChI is InChI=1S/C10H10F2O2S/c1-6-3-4-8(15-6)7(13)5-9(14)10(2,11)12/h3-4H,5H2,1-2H3. The van der Waals surface area contributed by atoms with Crippen LogP contribution in [0, 0.1) is 6.92 Å². The van der Waals surface area contributed by atoms with Gasteiger partial charge < -0.3 is 0 Å². The first-order valence-electron chi connectivity index (χ1n) is 4.31. The van der Waals surface area contributed by atoms with Gasteiger partial charge in [-0.3, -0.25) is 9.59 Å². The van der Waals surface area contributed by atoms with E-state index >= 15 is 0 Å². The zero-order valence-electron chi connectivity index (χ0n) is 8.34. The summed E-state index contributed by atoms with van der Waals surface area (Å²) in [6.07, 6.45) is -0.733. The van der Waals surface area contributed by atoms with Gasteiger partial charge in [0.15, 0.2) is 5.78 Å². The molecule has 0 amide bonds. The van der Waals surface area contributed by atoms with Crippen LogP contribution in [-0.4, -0.2) is 17.5 Å². The van der Waals surface area contributed by atoms with Crippen molar-refractivity contribution in [1.82, 2.24) is 0 Å². The molecule has 0 spiro atoms. The van der Waals surface area contributed by atoms with E-state index in [4.69, 9.17) is 0 Å². The number of carbonyl (C=O) groups excluding carboxylic acids is 2. The Morgan fingerprint density at radius 2 is 2.00 bits per heavy atom. The zero-order chi connectivity index (χ0) is 11.6. The minimum Gasteiger partial charge on any atom is -0.293 e. The van der Waals surface area contributed by atoms with E-state index < -0.39 is 23.9 Å². The maximum absolute atomic E-state index is 12.5. The lowest BCUT2D eigenvalue weighted by atomic mass is 10.1. The summed E-state index contributed by atoms with van der Waals surface area (Å²) in [5.74, 6) is -5.31. The van der Waals surface area contributed by atoms with Crippen molar-refractivity contribution in [2.75, 3.05) is 0 Å². The molecule has 0 bridgehead atoms.